The summed E-state index contributed by atoms with van der Waals surface area (Å²) in [4.78, 5) is 15.4. The van der Waals surface area contributed by atoms with Crippen molar-refractivity contribution in [1.82, 2.24) is 10.3 Å². The summed E-state index contributed by atoms with van der Waals surface area (Å²) in [5.41, 5.74) is 3.71. The molecule has 2 rings (SSSR count). The van der Waals surface area contributed by atoms with Crippen LogP contribution in [0.4, 0.5) is 0 Å². The molecule has 0 aliphatic carbocycles. The average molecular weight is 162 g/mol. The Hall–Kier alpha value is -1.38. The van der Waals surface area contributed by atoms with Crippen molar-refractivity contribution in [1.29, 1.82) is 0 Å². The van der Waals surface area contributed by atoms with Crippen LogP contribution < -0.4 is 5.32 Å². The highest BCUT2D eigenvalue weighted by Crippen LogP contribution is 2.17. The van der Waals surface area contributed by atoms with E-state index in [0.29, 0.717) is 12.2 Å². The number of carbonyl (C=O) groups is 1. The number of hydrogen-bond acceptors (Lipinski definition) is 2. The summed E-state index contributed by atoms with van der Waals surface area (Å²) in [5, 5.41) is 2.75. The second-order valence-corrected chi connectivity index (χ2v) is 3.09. The number of rotatable bonds is 0. The normalized spacial score (nSPS) is 14.3. The van der Waals surface area contributed by atoms with Crippen LogP contribution in [0.1, 0.15) is 27.3 Å². The van der Waals surface area contributed by atoms with Crippen LogP contribution in [-0.2, 0) is 6.54 Å². The topological polar surface area (TPSA) is 42.0 Å². The van der Waals surface area contributed by atoms with E-state index in [0.717, 1.165) is 16.8 Å². The van der Waals surface area contributed by atoms with Gasteiger partial charge in [-0.15, -0.1) is 0 Å². The monoisotopic (exact) mass is 162 g/mol. The number of nitrogens with one attached hydrogen (secondary N) is 1. The SMILES string of the molecule is Cc1cc(C)c2c(n1)C(=O)NC2. The lowest BCUT2D eigenvalue weighted by Gasteiger charge is -2.01. The smallest absolute Gasteiger partial charge is 0.270 e. The average Bonchev–Trinajstić information content (AvgIpc) is 2.33. The van der Waals surface area contributed by atoms with Crippen molar-refractivity contribution in [3.05, 3.63) is 28.6 Å². The molecule has 0 fully saturated rings. The predicted molar refractivity (Wildman–Crippen MR) is 44.9 cm³/mol. The van der Waals surface area contributed by atoms with Crippen LogP contribution >= 0.6 is 0 Å². The van der Waals surface area contributed by atoms with Gasteiger partial charge in [-0.05, 0) is 25.5 Å². The predicted octanol–water partition coefficient (Wildman–Crippen LogP) is 0.942. The maximum Gasteiger partial charge on any atom is 0.270 e. The third kappa shape index (κ3) is 0.897. The lowest BCUT2D eigenvalue weighted by atomic mass is 10.1. The van der Waals surface area contributed by atoms with Crippen LogP contribution in [-0.4, -0.2) is 10.9 Å². The highest BCUT2D eigenvalue weighted by Gasteiger charge is 2.21. The summed E-state index contributed by atoms with van der Waals surface area (Å²) in [5.74, 6) is -0.0446. The first-order valence-corrected chi connectivity index (χ1v) is 3.94. The molecule has 1 aromatic rings. The first-order chi connectivity index (χ1) is 5.68. The molecule has 62 valence electrons. The zero-order chi connectivity index (χ0) is 8.72. The third-order valence-corrected chi connectivity index (χ3v) is 2.12. The molecule has 1 amide bonds. The summed E-state index contributed by atoms with van der Waals surface area (Å²) in [6.07, 6.45) is 0. The second kappa shape index (κ2) is 2.30. The van der Waals surface area contributed by atoms with E-state index in [1.807, 2.05) is 19.9 Å². The molecule has 0 atom stereocenters. The molecular formula is C9H10N2O. The van der Waals surface area contributed by atoms with Crippen molar-refractivity contribution >= 4 is 5.91 Å². The Labute approximate surface area is 70.8 Å². The molecule has 0 radical (unpaired) electrons. The Balaban J connectivity index is 2.68. The van der Waals surface area contributed by atoms with Crippen LogP contribution in [0, 0.1) is 13.8 Å². The third-order valence-electron chi connectivity index (χ3n) is 2.12. The molecule has 0 saturated carbocycles. The number of pyridine rings is 1. The molecule has 0 spiro atoms. The molecule has 1 N–H and O–H groups in total. The Kier molecular flexibility index (Phi) is 1.40. The van der Waals surface area contributed by atoms with Crippen LogP contribution in [0.25, 0.3) is 0 Å². The summed E-state index contributed by atoms with van der Waals surface area (Å²) in [6.45, 7) is 4.54. The maximum absolute atomic E-state index is 11.2. The van der Waals surface area contributed by atoms with E-state index in [1.54, 1.807) is 0 Å². The number of aromatic nitrogens is 1. The van der Waals surface area contributed by atoms with Crippen molar-refractivity contribution < 1.29 is 4.79 Å². The molecule has 0 bridgehead atoms. The van der Waals surface area contributed by atoms with Gasteiger partial charge in [-0.1, -0.05) is 0 Å². The van der Waals surface area contributed by atoms with E-state index in [9.17, 15) is 4.79 Å². The van der Waals surface area contributed by atoms with Gasteiger partial charge in [0, 0.05) is 17.8 Å². The minimum absolute atomic E-state index is 0.0446. The molecule has 3 heteroatoms. The van der Waals surface area contributed by atoms with Gasteiger partial charge in [-0.2, -0.15) is 0 Å². The van der Waals surface area contributed by atoms with E-state index in [-0.39, 0.29) is 5.91 Å². The molecule has 1 aliphatic heterocycles. The summed E-state index contributed by atoms with van der Waals surface area (Å²) < 4.78 is 0. The van der Waals surface area contributed by atoms with Crippen LogP contribution in [0.5, 0.6) is 0 Å². The van der Waals surface area contributed by atoms with E-state index in [1.165, 1.54) is 0 Å². The van der Waals surface area contributed by atoms with Crippen molar-refractivity contribution in [2.75, 3.05) is 0 Å². The second-order valence-electron chi connectivity index (χ2n) is 3.09. The van der Waals surface area contributed by atoms with Crippen LogP contribution in [0.15, 0.2) is 6.07 Å². The maximum atomic E-state index is 11.2. The standard InChI is InChI=1S/C9H10N2O/c1-5-3-6(2)11-8-7(5)4-10-9(8)12/h3H,4H2,1-2H3,(H,10,12). The van der Waals surface area contributed by atoms with Crippen LogP contribution in [0.2, 0.25) is 0 Å². The minimum Gasteiger partial charge on any atom is -0.347 e. The van der Waals surface area contributed by atoms with Crippen molar-refractivity contribution in [2.24, 2.45) is 0 Å². The van der Waals surface area contributed by atoms with E-state index >= 15 is 0 Å². The van der Waals surface area contributed by atoms with Gasteiger partial charge in [0.25, 0.3) is 5.91 Å². The first-order valence-electron chi connectivity index (χ1n) is 3.94. The number of fused-ring (bicyclic) bond motifs is 1. The fraction of sp³-hybridized carbons (Fsp3) is 0.333. The molecule has 0 saturated heterocycles. The van der Waals surface area contributed by atoms with Gasteiger partial charge < -0.3 is 5.32 Å². The molecule has 2 heterocycles. The highest BCUT2D eigenvalue weighted by molar-refractivity contribution is 5.96. The summed E-state index contributed by atoms with van der Waals surface area (Å²) in [6, 6.07) is 2.00. The molecule has 12 heavy (non-hydrogen) atoms. The molecular weight excluding hydrogens is 152 g/mol. The highest BCUT2D eigenvalue weighted by atomic mass is 16.2. The molecule has 0 aromatic carbocycles. The van der Waals surface area contributed by atoms with Gasteiger partial charge in [0.05, 0.1) is 0 Å². The Morgan fingerprint density at radius 3 is 3.00 bits per heavy atom. The van der Waals surface area contributed by atoms with Gasteiger partial charge >= 0.3 is 0 Å². The molecule has 1 aliphatic rings. The first kappa shape index (κ1) is 7.28. The van der Waals surface area contributed by atoms with E-state index < -0.39 is 0 Å². The van der Waals surface area contributed by atoms with Gasteiger partial charge in [0.15, 0.2) is 0 Å². The van der Waals surface area contributed by atoms with Crippen molar-refractivity contribution in [2.45, 2.75) is 20.4 Å². The van der Waals surface area contributed by atoms with Crippen molar-refractivity contribution in [3.63, 3.8) is 0 Å². The van der Waals surface area contributed by atoms with Gasteiger partial charge in [-0.3, -0.25) is 4.79 Å². The number of hydrogen-bond donors (Lipinski definition) is 1. The Bertz CT molecular complexity index is 358. The van der Waals surface area contributed by atoms with Gasteiger partial charge in [-0.25, -0.2) is 4.98 Å². The lowest BCUT2D eigenvalue weighted by molar-refractivity contribution is 0.0961. The zero-order valence-electron chi connectivity index (χ0n) is 7.14. The molecule has 1 aromatic heterocycles. The van der Waals surface area contributed by atoms with Crippen LogP contribution in [0.3, 0.4) is 0 Å². The van der Waals surface area contributed by atoms with E-state index in [4.69, 9.17) is 0 Å². The van der Waals surface area contributed by atoms with Gasteiger partial charge in [0.2, 0.25) is 0 Å². The summed E-state index contributed by atoms with van der Waals surface area (Å²) in [7, 11) is 0. The number of amides is 1. The Morgan fingerprint density at radius 1 is 1.50 bits per heavy atom. The van der Waals surface area contributed by atoms with Crippen molar-refractivity contribution in [3.8, 4) is 0 Å². The number of nitrogens with zero attached hydrogens (tertiary/aromatic N) is 1. The largest absolute Gasteiger partial charge is 0.347 e. The lowest BCUT2D eigenvalue weighted by Crippen LogP contribution is -2.13. The molecule has 0 unspecified atom stereocenters. The Morgan fingerprint density at radius 2 is 2.25 bits per heavy atom. The zero-order valence-corrected chi connectivity index (χ0v) is 7.14. The fourth-order valence-electron chi connectivity index (χ4n) is 1.53. The van der Waals surface area contributed by atoms with Gasteiger partial charge in [0.1, 0.15) is 5.69 Å². The van der Waals surface area contributed by atoms with E-state index in [2.05, 4.69) is 10.3 Å². The summed E-state index contributed by atoms with van der Waals surface area (Å²) >= 11 is 0. The molecule has 3 nitrogen and oxygen atoms in total. The number of aryl methyl sites for hydroxylation is 2. The minimum atomic E-state index is -0.0446. The quantitative estimate of drug-likeness (QED) is 0.617. The fourth-order valence-corrected chi connectivity index (χ4v) is 1.53. The number of carbonyl (C=O) groups excluding carboxylic acids is 1.